The molecule has 0 aromatic carbocycles. The van der Waals surface area contributed by atoms with E-state index in [2.05, 4.69) is 32.9 Å². The molecule has 1 aliphatic rings. The predicted molar refractivity (Wildman–Crippen MR) is 71.0 cm³/mol. The lowest BCUT2D eigenvalue weighted by molar-refractivity contribution is -0.108. The zero-order valence-electron chi connectivity index (χ0n) is 11.5. The number of aldehydes is 1. The number of allylic oxidation sites excluding steroid dienone is 4. The number of rotatable bonds is 7. The molecule has 0 amide bonds. The Morgan fingerprint density at radius 2 is 1.94 bits per heavy atom. The second-order valence-electron chi connectivity index (χ2n) is 5.40. The monoisotopic (exact) mass is 236 g/mol. The molecule has 96 valence electrons. The van der Waals surface area contributed by atoms with E-state index in [-0.39, 0.29) is 11.7 Å². The van der Waals surface area contributed by atoms with Crippen LogP contribution in [0.1, 0.15) is 53.4 Å². The average molecular weight is 236 g/mol. The summed E-state index contributed by atoms with van der Waals surface area (Å²) in [7, 11) is 0. The van der Waals surface area contributed by atoms with Gasteiger partial charge in [-0.25, -0.2) is 0 Å². The van der Waals surface area contributed by atoms with E-state index in [0.717, 1.165) is 32.0 Å². The standard InChI is InChI=1S/C15H24O2/c1-12(2)7-5-8-13(3)9-6-10-15(4)14(11-16)17-15/h7,9,11,14H,5-6,8,10H2,1-4H3/b13-9+. The lowest BCUT2D eigenvalue weighted by Gasteiger charge is -2.03. The van der Waals surface area contributed by atoms with E-state index in [0.29, 0.717) is 0 Å². The molecule has 0 aromatic rings. The van der Waals surface area contributed by atoms with Gasteiger partial charge in [-0.05, 0) is 53.4 Å². The lowest BCUT2D eigenvalue weighted by atomic mass is 10.0. The number of ether oxygens (including phenoxy) is 1. The number of hydrogen-bond donors (Lipinski definition) is 0. The van der Waals surface area contributed by atoms with Crippen LogP contribution in [0.25, 0.3) is 0 Å². The second kappa shape index (κ2) is 6.15. The van der Waals surface area contributed by atoms with Crippen LogP contribution in [0.3, 0.4) is 0 Å². The second-order valence-corrected chi connectivity index (χ2v) is 5.40. The van der Waals surface area contributed by atoms with Crippen LogP contribution in [-0.4, -0.2) is 18.0 Å². The lowest BCUT2D eigenvalue weighted by Crippen LogP contribution is -2.09. The van der Waals surface area contributed by atoms with Crippen molar-refractivity contribution in [3.63, 3.8) is 0 Å². The highest BCUT2D eigenvalue weighted by Gasteiger charge is 2.51. The first-order valence-corrected chi connectivity index (χ1v) is 6.40. The molecule has 1 rings (SSSR count). The van der Waals surface area contributed by atoms with Crippen molar-refractivity contribution in [3.8, 4) is 0 Å². The first-order chi connectivity index (χ1) is 7.98. The minimum absolute atomic E-state index is 0.165. The Balaban J connectivity index is 2.20. The largest absolute Gasteiger partial charge is 0.358 e. The predicted octanol–water partition coefficient (Wildman–Crippen LogP) is 3.82. The fourth-order valence-corrected chi connectivity index (χ4v) is 1.92. The summed E-state index contributed by atoms with van der Waals surface area (Å²) in [6.45, 7) is 8.44. The summed E-state index contributed by atoms with van der Waals surface area (Å²) < 4.78 is 5.34. The first-order valence-electron chi connectivity index (χ1n) is 6.40. The Bertz CT molecular complexity index is 324. The van der Waals surface area contributed by atoms with Crippen LogP contribution in [0.15, 0.2) is 23.3 Å². The van der Waals surface area contributed by atoms with Crippen molar-refractivity contribution in [1.82, 2.24) is 0 Å². The summed E-state index contributed by atoms with van der Waals surface area (Å²) in [5.74, 6) is 0. The minimum Gasteiger partial charge on any atom is -0.358 e. The molecule has 0 N–H and O–H groups in total. The summed E-state index contributed by atoms with van der Waals surface area (Å²) in [6, 6.07) is 0. The van der Waals surface area contributed by atoms with Crippen LogP contribution in [0, 0.1) is 0 Å². The van der Waals surface area contributed by atoms with Gasteiger partial charge in [0.1, 0.15) is 6.10 Å². The normalized spacial score (nSPS) is 27.8. The Morgan fingerprint density at radius 3 is 2.47 bits per heavy atom. The van der Waals surface area contributed by atoms with Crippen molar-refractivity contribution in [1.29, 1.82) is 0 Å². The van der Waals surface area contributed by atoms with Gasteiger partial charge in [-0.15, -0.1) is 0 Å². The molecule has 0 spiro atoms. The highest BCUT2D eigenvalue weighted by atomic mass is 16.6. The zero-order chi connectivity index (χ0) is 12.9. The molecule has 1 heterocycles. The molecule has 1 fully saturated rings. The Labute approximate surface area is 105 Å². The van der Waals surface area contributed by atoms with Gasteiger partial charge >= 0.3 is 0 Å². The van der Waals surface area contributed by atoms with E-state index in [1.54, 1.807) is 0 Å². The van der Waals surface area contributed by atoms with Crippen LogP contribution in [0.2, 0.25) is 0 Å². The van der Waals surface area contributed by atoms with Gasteiger partial charge in [0.05, 0.1) is 5.60 Å². The van der Waals surface area contributed by atoms with E-state index in [1.807, 2.05) is 6.92 Å². The van der Waals surface area contributed by atoms with E-state index in [9.17, 15) is 4.79 Å². The molecule has 2 atom stereocenters. The molecule has 2 unspecified atom stereocenters. The van der Waals surface area contributed by atoms with Gasteiger partial charge in [0, 0.05) is 0 Å². The topological polar surface area (TPSA) is 29.6 Å². The molecular weight excluding hydrogens is 212 g/mol. The maximum Gasteiger partial charge on any atom is 0.151 e. The molecule has 0 saturated carbocycles. The van der Waals surface area contributed by atoms with E-state index in [4.69, 9.17) is 4.74 Å². The molecule has 0 aromatic heterocycles. The summed E-state index contributed by atoms with van der Waals surface area (Å²) in [6.07, 6.45) is 9.47. The van der Waals surface area contributed by atoms with Gasteiger partial charge in [-0.1, -0.05) is 23.3 Å². The summed E-state index contributed by atoms with van der Waals surface area (Å²) in [5, 5.41) is 0. The van der Waals surface area contributed by atoms with Crippen LogP contribution in [0.5, 0.6) is 0 Å². The maximum atomic E-state index is 10.5. The van der Waals surface area contributed by atoms with E-state index >= 15 is 0 Å². The molecule has 17 heavy (non-hydrogen) atoms. The number of epoxide rings is 1. The number of hydrogen-bond acceptors (Lipinski definition) is 2. The van der Waals surface area contributed by atoms with Crippen molar-refractivity contribution in [2.45, 2.75) is 65.1 Å². The fourth-order valence-electron chi connectivity index (χ4n) is 1.92. The Hall–Kier alpha value is -0.890. The Kier molecular flexibility index (Phi) is 5.13. The molecule has 0 aliphatic carbocycles. The van der Waals surface area contributed by atoms with Crippen molar-refractivity contribution < 1.29 is 9.53 Å². The van der Waals surface area contributed by atoms with Crippen LogP contribution >= 0.6 is 0 Å². The molecule has 1 aliphatic heterocycles. The third-order valence-electron chi connectivity index (χ3n) is 3.29. The van der Waals surface area contributed by atoms with Gasteiger partial charge in [-0.3, -0.25) is 0 Å². The number of carbonyl (C=O) groups excluding carboxylic acids is 1. The van der Waals surface area contributed by atoms with Crippen LogP contribution in [0.4, 0.5) is 0 Å². The minimum atomic E-state index is -0.182. The summed E-state index contributed by atoms with van der Waals surface area (Å²) in [4.78, 5) is 10.5. The fraction of sp³-hybridized carbons (Fsp3) is 0.667. The van der Waals surface area contributed by atoms with Crippen molar-refractivity contribution >= 4 is 6.29 Å². The third kappa shape index (κ3) is 4.86. The number of carbonyl (C=O) groups is 1. The average Bonchev–Trinajstić information content (AvgIpc) is 2.89. The van der Waals surface area contributed by atoms with Crippen molar-refractivity contribution in [2.24, 2.45) is 0 Å². The van der Waals surface area contributed by atoms with Crippen LogP contribution in [-0.2, 0) is 9.53 Å². The van der Waals surface area contributed by atoms with Gasteiger partial charge in [0.15, 0.2) is 6.29 Å². The third-order valence-corrected chi connectivity index (χ3v) is 3.29. The molecule has 2 nitrogen and oxygen atoms in total. The van der Waals surface area contributed by atoms with E-state index < -0.39 is 0 Å². The smallest absolute Gasteiger partial charge is 0.151 e. The van der Waals surface area contributed by atoms with Gasteiger partial charge in [0.25, 0.3) is 0 Å². The Morgan fingerprint density at radius 1 is 1.24 bits per heavy atom. The van der Waals surface area contributed by atoms with Crippen molar-refractivity contribution in [2.75, 3.05) is 0 Å². The molecule has 0 radical (unpaired) electrons. The zero-order valence-corrected chi connectivity index (χ0v) is 11.5. The van der Waals surface area contributed by atoms with Gasteiger partial charge in [-0.2, -0.15) is 0 Å². The molecule has 1 saturated heterocycles. The van der Waals surface area contributed by atoms with Gasteiger partial charge in [0.2, 0.25) is 0 Å². The van der Waals surface area contributed by atoms with Crippen LogP contribution < -0.4 is 0 Å². The molecular formula is C15H24O2. The highest BCUT2D eigenvalue weighted by Crippen LogP contribution is 2.38. The first kappa shape index (κ1) is 14.2. The highest BCUT2D eigenvalue weighted by molar-refractivity contribution is 5.62. The van der Waals surface area contributed by atoms with Gasteiger partial charge < -0.3 is 9.53 Å². The quantitative estimate of drug-likeness (QED) is 0.382. The SMILES string of the molecule is CC(C)=CCC/C(C)=C/CCC1(C)OC1C=O. The van der Waals surface area contributed by atoms with Crippen molar-refractivity contribution in [3.05, 3.63) is 23.3 Å². The molecule has 2 heteroatoms. The maximum absolute atomic E-state index is 10.5. The summed E-state index contributed by atoms with van der Waals surface area (Å²) in [5.41, 5.74) is 2.62. The summed E-state index contributed by atoms with van der Waals surface area (Å²) >= 11 is 0. The molecule has 0 bridgehead atoms. The van der Waals surface area contributed by atoms with E-state index in [1.165, 1.54) is 11.1 Å².